The third-order valence-electron chi connectivity index (χ3n) is 14.2. The molecule has 4 heterocycles. The first-order chi connectivity index (χ1) is 39.6. The Morgan fingerprint density at radius 1 is 0.395 bits per heavy atom. The van der Waals surface area contributed by atoms with E-state index in [1.54, 1.807) is 61.1 Å². The Morgan fingerprint density at radius 3 is 1.57 bits per heavy atom. The first kappa shape index (κ1) is 41.2. The van der Waals surface area contributed by atoms with E-state index in [2.05, 4.69) is 57.0 Å². The topological polar surface area (TPSA) is 43.6 Å². The van der Waals surface area contributed by atoms with Crippen molar-refractivity contribution >= 4 is 21.8 Å². The first-order valence-corrected chi connectivity index (χ1v) is 25.2. The number of aryl methyl sites for hydroxylation is 6. The molecular weight excluding hydrogens is 942 g/mol. The van der Waals surface area contributed by atoms with Crippen LogP contribution in [0.15, 0.2) is 225 Å². The summed E-state index contributed by atoms with van der Waals surface area (Å²) in [4.78, 5) is 14.3. The van der Waals surface area contributed by atoms with Crippen LogP contribution < -0.4 is 0 Å². The van der Waals surface area contributed by atoms with Crippen molar-refractivity contribution in [1.82, 2.24) is 19.5 Å². The molecule has 0 radical (unpaired) electrons. The van der Waals surface area contributed by atoms with Crippen LogP contribution in [0.2, 0.25) is 0 Å². The largest absolute Gasteiger partial charge is 0.309 e. The highest BCUT2D eigenvalue weighted by molar-refractivity contribution is 6.10. The maximum Gasteiger partial charge on any atom is 0.131 e. The number of rotatable bonds is 13. The molecule has 8 aromatic carbocycles. The molecule has 0 aliphatic rings. The zero-order valence-corrected chi connectivity index (χ0v) is 41.1. The number of halogens is 3. The molecule has 368 valence electrons. The van der Waals surface area contributed by atoms with E-state index in [1.165, 1.54) is 30.3 Å². The molecular formula is C69H51F3N4. The van der Waals surface area contributed by atoms with Crippen LogP contribution >= 0.6 is 0 Å². The summed E-state index contributed by atoms with van der Waals surface area (Å²) in [7, 11) is 0. The Labute approximate surface area is 449 Å². The minimum Gasteiger partial charge on any atom is -0.309 e. The van der Waals surface area contributed by atoms with Gasteiger partial charge in [0.25, 0.3) is 0 Å². The van der Waals surface area contributed by atoms with Gasteiger partial charge in [0.1, 0.15) is 17.5 Å². The van der Waals surface area contributed by atoms with Gasteiger partial charge in [0.2, 0.25) is 0 Å². The van der Waals surface area contributed by atoms with Gasteiger partial charge in [0.15, 0.2) is 0 Å². The fourth-order valence-electron chi connectivity index (χ4n) is 10.4. The van der Waals surface area contributed by atoms with Gasteiger partial charge in [-0.3, -0.25) is 15.0 Å². The summed E-state index contributed by atoms with van der Waals surface area (Å²) in [6, 6.07) is 62.4. The van der Waals surface area contributed by atoms with Crippen LogP contribution in [0.4, 0.5) is 13.2 Å². The van der Waals surface area contributed by atoms with Gasteiger partial charge in [-0.2, -0.15) is 0 Å². The van der Waals surface area contributed by atoms with Gasteiger partial charge in [-0.1, -0.05) is 109 Å². The molecule has 12 aromatic rings. The van der Waals surface area contributed by atoms with E-state index in [-0.39, 0.29) is 24.0 Å². The monoisotopic (exact) mass is 998 g/mol. The van der Waals surface area contributed by atoms with Crippen molar-refractivity contribution in [3.63, 3.8) is 0 Å². The van der Waals surface area contributed by atoms with Crippen molar-refractivity contribution < 1.29 is 21.4 Å². The lowest BCUT2D eigenvalue weighted by atomic mass is 9.87. The van der Waals surface area contributed by atoms with E-state index in [0.717, 1.165) is 55.3 Å². The van der Waals surface area contributed by atoms with Crippen molar-refractivity contribution in [3.8, 4) is 72.8 Å². The van der Waals surface area contributed by atoms with Crippen LogP contribution in [-0.2, 0) is 25.7 Å². The molecule has 7 heteroatoms. The number of fused-ring (bicyclic) bond motifs is 3. The molecule has 0 atom stereocenters. The number of nitrogens with zero attached hydrogens (tertiary/aromatic N) is 4. The van der Waals surface area contributed by atoms with Crippen LogP contribution in [0.25, 0.3) is 94.6 Å². The fourth-order valence-corrected chi connectivity index (χ4v) is 10.4. The minimum absolute atomic E-state index is 0.126. The summed E-state index contributed by atoms with van der Waals surface area (Å²) < 4.78 is 98.9. The Balaban J connectivity index is 0.997. The predicted molar refractivity (Wildman–Crippen MR) is 304 cm³/mol. The minimum atomic E-state index is -2.50. The van der Waals surface area contributed by atoms with E-state index in [1.807, 2.05) is 91.0 Å². The Hall–Kier alpha value is -9.20. The van der Waals surface area contributed by atoms with Crippen molar-refractivity contribution in [3.05, 3.63) is 276 Å². The lowest BCUT2D eigenvalue weighted by molar-refractivity contribution is 0.627. The molecule has 0 saturated heterocycles. The number of hydrogen-bond donors (Lipinski definition) is 0. The quantitative estimate of drug-likeness (QED) is 0.116. The molecule has 0 fully saturated rings. The van der Waals surface area contributed by atoms with Gasteiger partial charge in [-0.05, 0) is 192 Å². The van der Waals surface area contributed by atoms with Crippen LogP contribution in [-0.4, -0.2) is 19.5 Å². The van der Waals surface area contributed by atoms with Crippen molar-refractivity contribution in [2.45, 2.75) is 39.4 Å². The van der Waals surface area contributed by atoms with Gasteiger partial charge < -0.3 is 4.57 Å². The van der Waals surface area contributed by atoms with Crippen molar-refractivity contribution in [2.24, 2.45) is 0 Å². The summed E-state index contributed by atoms with van der Waals surface area (Å²) in [5.74, 6) is -1.31. The Kier molecular flexibility index (Phi) is 11.2. The summed E-state index contributed by atoms with van der Waals surface area (Å²) in [6.07, 6.45) is 6.15. The highest BCUT2D eigenvalue weighted by Crippen LogP contribution is 2.43. The van der Waals surface area contributed by atoms with Crippen LogP contribution in [0.1, 0.15) is 41.6 Å². The highest BCUT2D eigenvalue weighted by atomic mass is 19.1. The average Bonchev–Trinajstić information content (AvgIpc) is 2.51. The van der Waals surface area contributed by atoms with Gasteiger partial charge in [0, 0.05) is 71.1 Å². The number of aromatic nitrogens is 4. The third-order valence-corrected chi connectivity index (χ3v) is 14.2. The normalized spacial score (nSPS) is 12.9. The zero-order chi connectivity index (χ0) is 56.7. The van der Waals surface area contributed by atoms with Crippen LogP contribution in [0.5, 0.6) is 0 Å². The second-order valence-electron chi connectivity index (χ2n) is 19.1. The average molecular weight is 999 g/mol. The molecule has 0 N–H and O–H groups in total. The second kappa shape index (κ2) is 20.6. The summed E-state index contributed by atoms with van der Waals surface area (Å²) >= 11 is 0. The molecule has 0 saturated carbocycles. The van der Waals surface area contributed by atoms with Crippen LogP contribution in [0, 0.1) is 31.2 Å². The molecule has 0 aliphatic carbocycles. The molecule has 4 nitrogen and oxygen atoms in total. The lowest BCUT2D eigenvalue weighted by Crippen LogP contribution is -2.01. The van der Waals surface area contributed by atoms with E-state index in [4.69, 9.17) is 13.2 Å². The van der Waals surface area contributed by atoms with E-state index >= 15 is 4.39 Å². The molecule has 12 rings (SSSR count). The Bertz CT molecular complexity index is 4200. The Morgan fingerprint density at radius 2 is 0.934 bits per heavy atom. The van der Waals surface area contributed by atoms with Gasteiger partial charge in [-0.15, -0.1) is 0 Å². The van der Waals surface area contributed by atoms with Crippen LogP contribution in [0.3, 0.4) is 0 Å². The summed E-state index contributed by atoms with van der Waals surface area (Å²) in [5, 5.41) is 2.16. The standard InChI is InChI=1S/C69H51F3N4/c1-44-34-64(49-24-29-55(70)30-25-49)73-41-52(44)22-20-46-36-47(21-23-53-42-74-65(35-45(53)2)50-26-31-56(71)32-27-50)38-54(37-46)58-17-11-18-63(72)69(58)62-43-75-66(48-12-5-3-6-13-48)40-61(62)51-28-33-60-59-16-9-10-19-67(59)76(68(60)39-51)57-14-7-4-8-15-57/h3-19,24-43H,20-23H2,1-2H3/i1D3,2D3. The number of benzene rings is 8. The van der Waals surface area contributed by atoms with Gasteiger partial charge >= 0.3 is 0 Å². The predicted octanol–water partition coefficient (Wildman–Crippen LogP) is 17.6. The summed E-state index contributed by atoms with van der Waals surface area (Å²) in [6.45, 7) is -5.00. The SMILES string of the molecule is [2H]C([2H])([2H])c1cc(-c2ccc(F)cc2)ncc1CCc1cc(CCc2cnc(-c3ccc(F)cc3)cc2C([2H])([2H])[2H])cc(-c2cccc(F)c2-c2cnc(-c3ccccc3)cc2-c2ccc3c4ccccc4n(-c4ccccc4)c3c2)c1. The second-order valence-corrected chi connectivity index (χ2v) is 19.1. The zero-order valence-electron chi connectivity index (χ0n) is 47.1. The maximum absolute atomic E-state index is 17.4. The number of hydrogen-bond acceptors (Lipinski definition) is 3. The maximum atomic E-state index is 17.4. The van der Waals surface area contributed by atoms with E-state index in [9.17, 15) is 8.78 Å². The molecule has 0 amide bonds. The smallest absolute Gasteiger partial charge is 0.131 e. The molecule has 0 aliphatic heterocycles. The third kappa shape index (κ3) is 9.60. The number of pyridine rings is 3. The molecule has 4 aromatic heterocycles. The molecule has 76 heavy (non-hydrogen) atoms. The fraction of sp³-hybridized carbons (Fsp3) is 0.0870. The van der Waals surface area contributed by atoms with E-state index < -0.39 is 31.2 Å². The highest BCUT2D eigenvalue weighted by Gasteiger charge is 2.22. The molecule has 0 bridgehead atoms. The van der Waals surface area contributed by atoms with E-state index in [0.29, 0.717) is 74.4 Å². The molecule has 0 spiro atoms. The van der Waals surface area contributed by atoms with Crippen molar-refractivity contribution in [2.75, 3.05) is 0 Å². The van der Waals surface area contributed by atoms with Gasteiger partial charge in [-0.25, -0.2) is 13.2 Å². The first-order valence-electron chi connectivity index (χ1n) is 28.2. The summed E-state index contributed by atoms with van der Waals surface area (Å²) in [5.41, 5.74) is 13.2. The van der Waals surface area contributed by atoms with Crippen molar-refractivity contribution in [1.29, 1.82) is 0 Å². The lowest BCUT2D eigenvalue weighted by Gasteiger charge is -2.18. The van der Waals surface area contributed by atoms with Gasteiger partial charge in [0.05, 0.1) is 28.1 Å². The molecule has 0 unspecified atom stereocenters. The number of para-hydroxylation sites is 2.